The minimum absolute atomic E-state index is 0.291. The van der Waals surface area contributed by atoms with Gasteiger partial charge in [-0.25, -0.2) is 17.7 Å². The zero-order valence-electron chi connectivity index (χ0n) is 19.9. The Labute approximate surface area is 197 Å². The van der Waals surface area contributed by atoms with Crippen LogP contribution in [0.3, 0.4) is 0 Å². The summed E-state index contributed by atoms with van der Waals surface area (Å²) in [4.78, 5) is 10.2. The van der Waals surface area contributed by atoms with Crippen LogP contribution in [0.15, 0.2) is 53.4 Å². The van der Waals surface area contributed by atoms with Gasteiger partial charge < -0.3 is 4.57 Å². The Kier molecular flexibility index (Phi) is 7.48. The molecule has 8 heteroatoms. The fourth-order valence-electron chi connectivity index (χ4n) is 4.51. The van der Waals surface area contributed by atoms with Crippen LogP contribution >= 0.6 is 0 Å². The van der Waals surface area contributed by atoms with Gasteiger partial charge in [0.1, 0.15) is 5.82 Å². The highest BCUT2D eigenvalue weighted by Crippen LogP contribution is 2.23. The first kappa shape index (κ1) is 23.9. The average molecular weight is 470 g/mol. The highest BCUT2D eigenvalue weighted by Gasteiger charge is 2.21. The molecule has 0 saturated carbocycles. The van der Waals surface area contributed by atoms with Gasteiger partial charge in [-0.2, -0.15) is 0 Å². The van der Waals surface area contributed by atoms with Crippen LogP contribution < -0.4 is 0 Å². The van der Waals surface area contributed by atoms with Crippen LogP contribution in [-0.2, 0) is 29.7 Å². The van der Waals surface area contributed by atoms with E-state index in [1.807, 2.05) is 6.07 Å². The highest BCUT2D eigenvalue weighted by atomic mass is 32.2. The minimum Gasteiger partial charge on any atom is -0.327 e. The van der Waals surface area contributed by atoms with E-state index in [0.717, 1.165) is 75.5 Å². The van der Waals surface area contributed by atoms with E-state index in [1.54, 1.807) is 26.2 Å². The van der Waals surface area contributed by atoms with E-state index in [9.17, 15) is 8.42 Å². The van der Waals surface area contributed by atoms with Gasteiger partial charge in [0.25, 0.3) is 0 Å². The van der Waals surface area contributed by atoms with Gasteiger partial charge in [-0.15, -0.1) is 0 Å². The average Bonchev–Trinajstić information content (AvgIpc) is 2.97. The van der Waals surface area contributed by atoms with Gasteiger partial charge in [-0.1, -0.05) is 37.3 Å². The smallest absolute Gasteiger partial charge is 0.242 e. The lowest BCUT2D eigenvalue weighted by Gasteiger charge is -2.22. The lowest BCUT2D eigenvalue weighted by molar-refractivity contribution is 0.242. The fraction of sp³-hybridized carbons (Fsp3) is 0.480. The molecule has 0 amide bonds. The second-order valence-corrected chi connectivity index (χ2v) is 11.2. The Balaban J connectivity index is 1.52. The van der Waals surface area contributed by atoms with Gasteiger partial charge in [0.05, 0.1) is 22.5 Å². The standard InChI is InChI=1S/C25H35N5O2S/c1-4-13-30-24-12-11-22(33(31,32)27(2)3)18-23(24)26-25(30)20-29-15-8-14-28(16-17-29)19-21-9-6-5-7-10-21/h5-7,9-12,18H,4,8,13-17,19-20H2,1-3H3. The maximum Gasteiger partial charge on any atom is 0.242 e. The van der Waals surface area contributed by atoms with Crippen LogP contribution in [0.1, 0.15) is 31.2 Å². The number of benzene rings is 2. The molecule has 1 aromatic heterocycles. The Morgan fingerprint density at radius 2 is 1.64 bits per heavy atom. The van der Waals surface area contributed by atoms with Crippen LogP contribution in [-0.4, -0.2) is 72.3 Å². The maximum absolute atomic E-state index is 12.6. The first-order valence-electron chi connectivity index (χ1n) is 11.8. The molecule has 1 aliphatic heterocycles. The Morgan fingerprint density at radius 1 is 0.939 bits per heavy atom. The number of aromatic nitrogens is 2. The molecule has 0 spiro atoms. The van der Waals surface area contributed by atoms with E-state index < -0.39 is 10.0 Å². The van der Waals surface area contributed by atoms with Gasteiger partial charge >= 0.3 is 0 Å². The molecule has 0 unspecified atom stereocenters. The molecule has 7 nitrogen and oxygen atoms in total. The van der Waals surface area contributed by atoms with E-state index in [1.165, 1.54) is 9.87 Å². The van der Waals surface area contributed by atoms with Crippen molar-refractivity contribution in [2.45, 2.75) is 44.3 Å². The quantitative estimate of drug-likeness (QED) is 0.506. The van der Waals surface area contributed by atoms with Gasteiger partial charge in [0, 0.05) is 40.3 Å². The molecule has 1 fully saturated rings. The van der Waals surface area contributed by atoms with Crippen LogP contribution in [0.25, 0.3) is 11.0 Å². The molecule has 3 aromatic rings. The monoisotopic (exact) mass is 469 g/mol. The third-order valence-corrected chi connectivity index (χ3v) is 8.13. The van der Waals surface area contributed by atoms with E-state index in [-0.39, 0.29) is 0 Å². The SMILES string of the molecule is CCCn1c(CN2CCCN(Cc3ccccc3)CC2)nc2cc(S(=O)(=O)N(C)C)ccc21. The second-order valence-electron chi connectivity index (χ2n) is 9.01. The molecular formula is C25H35N5O2S. The zero-order chi connectivity index (χ0) is 23.4. The molecule has 2 aromatic carbocycles. The molecule has 1 saturated heterocycles. The third kappa shape index (κ3) is 5.46. The first-order valence-corrected chi connectivity index (χ1v) is 13.2. The molecule has 0 bridgehead atoms. The van der Waals surface area contributed by atoms with Crippen molar-refractivity contribution < 1.29 is 8.42 Å². The van der Waals surface area contributed by atoms with Crippen molar-refractivity contribution >= 4 is 21.1 Å². The van der Waals surface area contributed by atoms with Crippen molar-refractivity contribution in [1.82, 2.24) is 23.7 Å². The summed E-state index contributed by atoms with van der Waals surface area (Å²) in [7, 11) is -0.367. The van der Waals surface area contributed by atoms with Crippen molar-refractivity contribution in [1.29, 1.82) is 0 Å². The number of imidazole rings is 1. The summed E-state index contributed by atoms with van der Waals surface area (Å²) in [6.07, 6.45) is 2.13. The molecule has 0 N–H and O–H groups in total. The van der Waals surface area contributed by atoms with Gasteiger partial charge in [-0.05, 0) is 49.7 Å². The van der Waals surface area contributed by atoms with Gasteiger partial charge in [0.15, 0.2) is 0 Å². The molecule has 2 heterocycles. The van der Waals surface area contributed by atoms with Gasteiger partial charge in [0.2, 0.25) is 10.0 Å². The molecule has 0 radical (unpaired) electrons. The molecular weight excluding hydrogens is 434 g/mol. The summed E-state index contributed by atoms with van der Waals surface area (Å²) in [5.41, 5.74) is 3.12. The second kappa shape index (κ2) is 10.3. The first-order chi connectivity index (χ1) is 15.9. The molecule has 0 aliphatic carbocycles. The summed E-state index contributed by atoms with van der Waals surface area (Å²) in [6.45, 7) is 8.99. The third-order valence-electron chi connectivity index (χ3n) is 6.32. The lowest BCUT2D eigenvalue weighted by Crippen LogP contribution is -2.31. The number of nitrogens with zero attached hydrogens (tertiary/aromatic N) is 5. The maximum atomic E-state index is 12.6. The molecule has 1 aliphatic rings. The zero-order valence-corrected chi connectivity index (χ0v) is 20.8. The van der Waals surface area contributed by atoms with Crippen molar-refractivity contribution in [3.05, 3.63) is 59.9 Å². The topological polar surface area (TPSA) is 61.7 Å². The van der Waals surface area contributed by atoms with Crippen molar-refractivity contribution in [3.8, 4) is 0 Å². The van der Waals surface area contributed by atoms with E-state index >= 15 is 0 Å². The number of hydrogen-bond acceptors (Lipinski definition) is 5. The number of rotatable bonds is 8. The lowest BCUT2D eigenvalue weighted by atomic mass is 10.2. The summed E-state index contributed by atoms with van der Waals surface area (Å²) in [6, 6.07) is 16.0. The molecule has 4 rings (SSSR count). The number of hydrogen-bond donors (Lipinski definition) is 0. The Morgan fingerprint density at radius 3 is 2.30 bits per heavy atom. The van der Waals surface area contributed by atoms with E-state index in [2.05, 4.69) is 51.6 Å². The summed E-state index contributed by atoms with van der Waals surface area (Å²) in [5, 5.41) is 0. The van der Waals surface area contributed by atoms with Crippen molar-refractivity contribution in [2.24, 2.45) is 0 Å². The number of fused-ring (bicyclic) bond motifs is 1. The predicted molar refractivity (Wildman–Crippen MR) is 133 cm³/mol. The van der Waals surface area contributed by atoms with Crippen LogP contribution in [0.5, 0.6) is 0 Å². The summed E-state index contributed by atoms with van der Waals surface area (Å²) in [5.74, 6) is 1.02. The van der Waals surface area contributed by atoms with Crippen LogP contribution in [0, 0.1) is 0 Å². The predicted octanol–water partition coefficient (Wildman–Crippen LogP) is 3.40. The van der Waals surface area contributed by atoms with Crippen LogP contribution in [0.2, 0.25) is 0 Å². The molecule has 178 valence electrons. The van der Waals surface area contributed by atoms with Crippen molar-refractivity contribution in [3.63, 3.8) is 0 Å². The normalized spacial score (nSPS) is 16.5. The van der Waals surface area contributed by atoms with Crippen LogP contribution in [0.4, 0.5) is 0 Å². The largest absolute Gasteiger partial charge is 0.327 e. The number of aryl methyl sites for hydroxylation is 1. The molecule has 0 atom stereocenters. The Hall–Kier alpha value is -2.26. The highest BCUT2D eigenvalue weighted by molar-refractivity contribution is 7.89. The summed E-state index contributed by atoms with van der Waals surface area (Å²) >= 11 is 0. The summed E-state index contributed by atoms with van der Waals surface area (Å²) < 4.78 is 28.7. The van der Waals surface area contributed by atoms with Gasteiger partial charge in [-0.3, -0.25) is 9.80 Å². The number of sulfonamides is 1. The van der Waals surface area contributed by atoms with Crippen molar-refractivity contribution in [2.75, 3.05) is 40.3 Å². The van der Waals surface area contributed by atoms with E-state index in [0.29, 0.717) is 4.90 Å². The Bertz CT molecular complexity index is 1170. The molecule has 33 heavy (non-hydrogen) atoms. The fourth-order valence-corrected chi connectivity index (χ4v) is 5.43. The minimum atomic E-state index is -3.48. The van der Waals surface area contributed by atoms with E-state index in [4.69, 9.17) is 4.98 Å².